The molecular formula is C12H12F3NO3. The number of nitrogens with zero attached hydrogens (tertiary/aromatic N) is 1. The molecule has 0 radical (unpaired) electrons. The lowest BCUT2D eigenvalue weighted by molar-refractivity contribution is -0.200. The van der Waals surface area contributed by atoms with Gasteiger partial charge in [-0.3, -0.25) is 0 Å². The van der Waals surface area contributed by atoms with Crippen LogP contribution < -0.4 is 4.90 Å². The number of aromatic carboxylic acids is 1. The quantitative estimate of drug-likeness (QED) is 0.881. The summed E-state index contributed by atoms with van der Waals surface area (Å²) < 4.78 is 36.9. The molecule has 1 aromatic carbocycles. The van der Waals surface area contributed by atoms with Crippen molar-refractivity contribution in [1.82, 2.24) is 0 Å². The van der Waals surface area contributed by atoms with E-state index in [-0.39, 0.29) is 5.56 Å². The average Bonchev–Trinajstić information content (AvgIpc) is 2.70. The molecule has 4 nitrogen and oxygen atoms in total. The fourth-order valence-corrected chi connectivity index (χ4v) is 2.11. The van der Waals surface area contributed by atoms with Crippen molar-refractivity contribution in [2.75, 3.05) is 18.0 Å². The van der Waals surface area contributed by atoms with Gasteiger partial charge < -0.3 is 15.1 Å². The lowest BCUT2D eigenvalue weighted by atomic mass is 10.1. The first kappa shape index (κ1) is 13.7. The second-order valence-electron chi connectivity index (χ2n) is 4.40. The molecule has 7 heteroatoms. The SMILES string of the molecule is O=C(O)c1ccc2c(c1)CCN2CC(O)C(F)(F)F. The van der Waals surface area contributed by atoms with Crippen LogP contribution in [0.2, 0.25) is 0 Å². The van der Waals surface area contributed by atoms with Gasteiger partial charge in [0.25, 0.3) is 0 Å². The van der Waals surface area contributed by atoms with Crippen LogP contribution in [0, 0.1) is 0 Å². The van der Waals surface area contributed by atoms with Crippen LogP contribution in [0.15, 0.2) is 18.2 Å². The van der Waals surface area contributed by atoms with E-state index in [1.54, 1.807) is 0 Å². The van der Waals surface area contributed by atoms with Gasteiger partial charge in [0.1, 0.15) is 0 Å². The lowest BCUT2D eigenvalue weighted by Crippen LogP contribution is -2.40. The number of fused-ring (bicyclic) bond motifs is 1. The van der Waals surface area contributed by atoms with E-state index in [9.17, 15) is 18.0 Å². The Morgan fingerprint density at radius 1 is 1.42 bits per heavy atom. The summed E-state index contributed by atoms with van der Waals surface area (Å²) in [5.41, 5.74) is 1.35. The summed E-state index contributed by atoms with van der Waals surface area (Å²) in [6.07, 6.45) is -6.58. The zero-order chi connectivity index (χ0) is 14.2. The van der Waals surface area contributed by atoms with Gasteiger partial charge in [0.05, 0.1) is 12.1 Å². The number of carboxylic acids is 1. The molecule has 0 fully saturated rings. The van der Waals surface area contributed by atoms with Crippen LogP contribution in [-0.2, 0) is 6.42 Å². The van der Waals surface area contributed by atoms with E-state index in [4.69, 9.17) is 10.2 Å². The van der Waals surface area contributed by atoms with Crippen molar-refractivity contribution >= 4 is 11.7 Å². The Balaban J connectivity index is 2.17. The van der Waals surface area contributed by atoms with Crippen molar-refractivity contribution in [2.24, 2.45) is 0 Å². The molecule has 0 aliphatic carbocycles. The first-order valence-electron chi connectivity index (χ1n) is 5.65. The maximum atomic E-state index is 12.3. The van der Waals surface area contributed by atoms with Gasteiger partial charge in [-0.1, -0.05) is 0 Å². The third-order valence-corrected chi connectivity index (χ3v) is 3.09. The van der Waals surface area contributed by atoms with Crippen LogP contribution in [0.25, 0.3) is 0 Å². The number of benzene rings is 1. The summed E-state index contributed by atoms with van der Waals surface area (Å²) in [5.74, 6) is -1.07. The van der Waals surface area contributed by atoms with Crippen molar-refractivity contribution < 1.29 is 28.2 Å². The van der Waals surface area contributed by atoms with Gasteiger partial charge in [0, 0.05) is 12.2 Å². The van der Waals surface area contributed by atoms with E-state index in [2.05, 4.69) is 0 Å². The smallest absolute Gasteiger partial charge is 0.416 e. The van der Waals surface area contributed by atoms with Crippen molar-refractivity contribution in [1.29, 1.82) is 0 Å². The molecule has 0 amide bonds. The highest BCUT2D eigenvalue weighted by Gasteiger charge is 2.40. The fourth-order valence-electron chi connectivity index (χ4n) is 2.11. The molecule has 19 heavy (non-hydrogen) atoms. The normalized spacial score (nSPS) is 16.3. The highest BCUT2D eigenvalue weighted by molar-refractivity contribution is 5.88. The Kier molecular flexibility index (Phi) is 3.40. The second-order valence-corrected chi connectivity index (χ2v) is 4.40. The standard InChI is InChI=1S/C12H12F3NO3/c13-12(14,15)10(17)6-16-4-3-7-5-8(11(18)19)1-2-9(7)16/h1-2,5,10,17H,3-4,6H2,(H,18,19). The number of carbonyl (C=O) groups is 1. The van der Waals surface area contributed by atoms with E-state index in [0.29, 0.717) is 24.2 Å². The molecule has 0 spiro atoms. The topological polar surface area (TPSA) is 60.8 Å². The van der Waals surface area contributed by atoms with Gasteiger partial charge in [-0.2, -0.15) is 13.2 Å². The first-order chi connectivity index (χ1) is 8.79. The zero-order valence-corrected chi connectivity index (χ0v) is 9.81. The number of β-amino-alcohol motifs (C(OH)–C–C–N with tert-alkyl or cyclic N) is 1. The molecule has 1 aliphatic heterocycles. The predicted molar refractivity (Wildman–Crippen MR) is 61.4 cm³/mol. The van der Waals surface area contributed by atoms with Gasteiger partial charge >= 0.3 is 12.1 Å². The number of alkyl halides is 3. The van der Waals surface area contributed by atoms with Gasteiger partial charge in [-0.25, -0.2) is 4.79 Å². The summed E-state index contributed by atoms with van der Waals surface area (Å²) in [6, 6.07) is 4.28. The minimum atomic E-state index is -4.65. The molecule has 2 rings (SSSR count). The Morgan fingerprint density at radius 2 is 2.11 bits per heavy atom. The number of aliphatic hydroxyl groups is 1. The van der Waals surface area contributed by atoms with Gasteiger partial charge in [-0.05, 0) is 30.2 Å². The summed E-state index contributed by atoms with van der Waals surface area (Å²) in [4.78, 5) is 12.2. The molecule has 0 saturated carbocycles. The summed E-state index contributed by atoms with van der Waals surface area (Å²) in [7, 11) is 0. The van der Waals surface area contributed by atoms with E-state index in [1.807, 2.05) is 0 Å². The molecule has 0 saturated heterocycles. The van der Waals surface area contributed by atoms with Crippen molar-refractivity contribution in [3.63, 3.8) is 0 Å². The van der Waals surface area contributed by atoms with Crippen LogP contribution in [0.1, 0.15) is 15.9 Å². The van der Waals surface area contributed by atoms with Gasteiger partial charge in [-0.15, -0.1) is 0 Å². The second kappa shape index (κ2) is 4.73. The number of aliphatic hydroxyl groups excluding tert-OH is 1. The molecule has 0 bridgehead atoms. The number of hydrogen-bond acceptors (Lipinski definition) is 3. The highest BCUT2D eigenvalue weighted by Crippen LogP contribution is 2.31. The molecule has 1 aromatic rings. The summed E-state index contributed by atoms with van der Waals surface area (Å²) in [5, 5.41) is 17.9. The van der Waals surface area contributed by atoms with Crippen LogP contribution in [0.5, 0.6) is 0 Å². The molecule has 2 N–H and O–H groups in total. The van der Waals surface area contributed by atoms with Crippen LogP contribution in [-0.4, -0.2) is 41.6 Å². The van der Waals surface area contributed by atoms with Crippen LogP contribution >= 0.6 is 0 Å². The Labute approximate surface area is 107 Å². The third-order valence-electron chi connectivity index (χ3n) is 3.09. The van der Waals surface area contributed by atoms with Crippen LogP contribution in [0.4, 0.5) is 18.9 Å². The molecular weight excluding hydrogens is 263 g/mol. The molecule has 104 valence electrons. The number of carboxylic acid groups (broad SMARTS) is 1. The number of halogens is 3. The van der Waals surface area contributed by atoms with Crippen molar-refractivity contribution in [2.45, 2.75) is 18.7 Å². The summed E-state index contributed by atoms with van der Waals surface area (Å²) in [6.45, 7) is -0.200. The number of rotatable bonds is 3. The van der Waals surface area contributed by atoms with Crippen molar-refractivity contribution in [3.8, 4) is 0 Å². The highest BCUT2D eigenvalue weighted by atomic mass is 19.4. The van der Waals surface area contributed by atoms with E-state index in [0.717, 1.165) is 0 Å². The molecule has 1 heterocycles. The molecule has 1 aliphatic rings. The zero-order valence-electron chi connectivity index (χ0n) is 9.81. The minimum absolute atomic E-state index is 0.108. The predicted octanol–water partition coefficient (Wildman–Crippen LogP) is 1.67. The maximum Gasteiger partial charge on any atom is 0.416 e. The fraction of sp³-hybridized carbons (Fsp3) is 0.417. The molecule has 1 unspecified atom stereocenters. The van der Waals surface area contributed by atoms with Gasteiger partial charge in [0.15, 0.2) is 6.10 Å². The van der Waals surface area contributed by atoms with Gasteiger partial charge in [0.2, 0.25) is 0 Å². The van der Waals surface area contributed by atoms with Crippen molar-refractivity contribution in [3.05, 3.63) is 29.3 Å². The largest absolute Gasteiger partial charge is 0.478 e. The third kappa shape index (κ3) is 2.81. The Morgan fingerprint density at radius 3 is 2.68 bits per heavy atom. The molecule has 1 atom stereocenters. The summed E-state index contributed by atoms with van der Waals surface area (Å²) >= 11 is 0. The monoisotopic (exact) mass is 275 g/mol. The average molecular weight is 275 g/mol. The lowest BCUT2D eigenvalue weighted by Gasteiger charge is -2.24. The Hall–Kier alpha value is -1.76. The van der Waals surface area contributed by atoms with E-state index < -0.39 is 24.8 Å². The van der Waals surface area contributed by atoms with E-state index >= 15 is 0 Å². The van der Waals surface area contributed by atoms with E-state index in [1.165, 1.54) is 23.1 Å². The van der Waals surface area contributed by atoms with Crippen LogP contribution in [0.3, 0.4) is 0 Å². The Bertz CT molecular complexity index is 501. The maximum absolute atomic E-state index is 12.3. The number of hydrogen-bond donors (Lipinski definition) is 2. The number of anilines is 1. The minimum Gasteiger partial charge on any atom is -0.478 e. The first-order valence-corrected chi connectivity index (χ1v) is 5.65. The molecule has 0 aromatic heterocycles.